The number of hydrogen-bond donors (Lipinski definition) is 2. The van der Waals surface area contributed by atoms with Crippen molar-refractivity contribution in [2.24, 2.45) is 0 Å². The Balaban J connectivity index is 1.91. The molecule has 0 saturated carbocycles. The number of pyridine rings is 1. The third-order valence-corrected chi connectivity index (χ3v) is 6.17. The Morgan fingerprint density at radius 1 is 1.23 bits per heavy atom. The summed E-state index contributed by atoms with van der Waals surface area (Å²) in [5, 5.41) is 0.671. The Kier molecular flexibility index (Phi) is 5.23. The number of nitrogens with zero attached hydrogens (tertiary/aromatic N) is 3. The zero-order chi connectivity index (χ0) is 19.1. The van der Waals surface area contributed by atoms with E-state index in [9.17, 15) is 18.0 Å². The fourth-order valence-electron chi connectivity index (χ4n) is 2.85. The summed E-state index contributed by atoms with van der Waals surface area (Å²) in [7, 11) is -2.07. The third-order valence-electron chi connectivity index (χ3n) is 4.08. The Bertz CT molecular complexity index is 1020. The lowest BCUT2D eigenvalue weighted by Crippen LogP contribution is -2.40. The van der Waals surface area contributed by atoms with Crippen LogP contribution in [0, 0.1) is 0 Å². The first-order chi connectivity index (χ1) is 12.2. The van der Waals surface area contributed by atoms with Crippen LogP contribution in [0.4, 0.5) is 5.69 Å². The van der Waals surface area contributed by atoms with Crippen molar-refractivity contribution in [2.45, 2.75) is 12.5 Å². The second-order valence-electron chi connectivity index (χ2n) is 5.70. The van der Waals surface area contributed by atoms with E-state index in [-0.39, 0.29) is 18.5 Å². The van der Waals surface area contributed by atoms with Gasteiger partial charge in [-0.3, -0.25) is 18.7 Å². The van der Waals surface area contributed by atoms with Crippen molar-refractivity contribution in [1.82, 2.24) is 8.28 Å². The molecule has 1 aliphatic heterocycles. The molecule has 2 atom stereocenters. The molecule has 0 bridgehead atoms. The molecule has 0 spiro atoms. The maximum absolute atomic E-state index is 12.6. The number of thiol groups is 1. The number of benzene rings is 1. The number of amides is 1. The van der Waals surface area contributed by atoms with E-state index >= 15 is 0 Å². The van der Waals surface area contributed by atoms with Crippen LogP contribution in [-0.4, -0.2) is 39.7 Å². The lowest BCUT2D eigenvalue weighted by atomic mass is 10.2. The molecule has 8 nitrogen and oxygen atoms in total. The molecule has 2 aromatic rings. The average molecular weight is 413 g/mol. The molecule has 1 aliphatic rings. The monoisotopic (exact) mass is 413 g/mol. The van der Waals surface area contributed by atoms with Crippen molar-refractivity contribution in [3.05, 3.63) is 52.9 Å². The van der Waals surface area contributed by atoms with E-state index in [0.717, 1.165) is 0 Å². The number of carbonyl (C=O) groups excluding carboxylic acids is 1. The first-order valence-electron chi connectivity index (χ1n) is 7.55. The van der Waals surface area contributed by atoms with Crippen LogP contribution in [-0.2, 0) is 15.1 Å². The fourth-order valence-corrected chi connectivity index (χ4v) is 4.00. The van der Waals surface area contributed by atoms with Gasteiger partial charge in [-0.05, 0) is 36.0 Å². The second kappa shape index (κ2) is 7.13. The molecule has 2 unspecified atom stereocenters. The minimum atomic E-state index is -4.58. The number of rotatable bonds is 4. The summed E-state index contributed by atoms with van der Waals surface area (Å²) >= 11 is 3.72. The van der Waals surface area contributed by atoms with Crippen LogP contribution >= 0.6 is 22.1 Å². The minimum absolute atomic E-state index is 0.180. The highest BCUT2D eigenvalue weighted by atomic mass is 32.3. The average Bonchev–Trinajstić information content (AvgIpc) is 2.95. The first-order valence-corrected chi connectivity index (χ1v) is 9.92. The fraction of sp³-hybridized carbons (Fsp3) is 0.200. The number of anilines is 1. The molecular formula is C15H16N3O5PS2. The van der Waals surface area contributed by atoms with E-state index in [1.54, 1.807) is 36.5 Å². The van der Waals surface area contributed by atoms with E-state index < -0.39 is 22.3 Å². The highest BCUT2D eigenvalue weighted by Gasteiger charge is 2.40. The van der Waals surface area contributed by atoms with Gasteiger partial charge in [0.05, 0.1) is 5.69 Å². The summed E-state index contributed by atoms with van der Waals surface area (Å²) in [6, 6.07) is 8.89. The molecule has 0 radical (unpaired) electrons. The van der Waals surface area contributed by atoms with E-state index in [0.29, 0.717) is 20.4 Å². The van der Waals surface area contributed by atoms with Gasteiger partial charge in [0.15, 0.2) is 0 Å². The third kappa shape index (κ3) is 3.56. The zero-order valence-electron chi connectivity index (χ0n) is 13.4. The Hall–Kier alpha value is -1.71. The summed E-state index contributed by atoms with van der Waals surface area (Å²) in [5.41, 5.74) is 1.04. The van der Waals surface area contributed by atoms with Gasteiger partial charge in [0.2, 0.25) is 5.91 Å². The van der Waals surface area contributed by atoms with Crippen molar-refractivity contribution in [1.29, 1.82) is 0 Å². The molecule has 138 valence electrons. The number of aromatic nitrogens is 1. The van der Waals surface area contributed by atoms with Gasteiger partial charge < -0.3 is 4.90 Å². The molecular weight excluding hydrogens is 397 g/mol. The molecule has 1 fully saturated rings. The first kappa shape index (κ1) is 19.1. The number of hydrogen-bond acceptors (Lipinski definition) is 5. The lowest BCUT2D eigenvalue weighted by Gasteiger charge is -2.21. The molecule has 1 aromatic carbocycles. The van der Waals surface area contributed by atoms with Gasteiger partial charge in [0.1, 0.15) is 6.04 Å². The van der Waals surface area contributed by atoms with Crippen LogP contribution in [0.2, 0.25) is 0 Å². The SMILES string of the molecule is O=C1C(N(S)S(=O)(=O)O)CCN1c1ccc(-n2ccccc2=O)cc1P. The zero-order valence-corrected chi connectivity index (χ0v) is 16.3. The van der Waals surface area contributed by atoms with Crippen LogP contribution in [0.3, 0.4) is 0 Å². The summed E-state index contributed by atoms with van der Waals surface area (Å²) in [5.74, 6) is -0.481. The predicted octanol–water partition coefficient (Wildman–Crippen LogP) is 0.393. The normalized spacial score (nSPS) is 17.9. The molecule has 1 N–H and O–H groups in total. The maximum Gasteiger partial charge on any atom is 0.345 e. The van der Waals surface area contributed by atoms with Crippen molar-refractivity contribution < 1.29 is 17.8 Å². The Labute approximate surface area is 158 Å². The van der Waals surface area contributed by atoms with Gasteiger partial charge in [-0.15, -0.1) is 13.0 Å². The summed E-state index contributed by atoms with van der Waals surface area (Å²) in [6.45, 7) is 0.280. The maximum atomic E-state index is 12.6. The van der Waals surface area contributed by atoms with Gasteiger partial charge >= 0.3 is 10.3 Å². The van der Waals surface area contributed by atoms with E-state index in [1.807, 2.05) is 0 Å². The van der Waals surface area contributed by atoms with Crippen molar-refractivity contribution in [2.75, 3.05) is 11.4 Å². The molecule has 11 heteroatoms. The highest BCUT2D eigenvalue weighted by Crippen LogP contribution is 2.27. The summed E-state index contributed by atoms with van der Waals surface area (Å²) in [6.07, 6.45) is 1.84. The molecule has 1 amide bonds. The van der Waals surface area contributed by atoms with E-state index in [4.69, 9.17) is 4.55 Å². The van der Waals surface area contributed by atoms with Gasteiger partial charge in [-0.25, -0.2) is 0 Å². The van der Waals surface area contributed by atoms with Crippen molar-refractivity contribution >= 4 is 49.3 Å². The van der Waals surface area contributed by atoms with Crippen LogP contribution in [0.25, 0.3) is 5.69 Å². The predicted molar refractivity (Wildman–Crippen MR) is 105 cm³/mol. The summed E-state index contributed by atoms with van der Waals surface area (Å²) in [4.78, 5) is 25.9. The number of carbonyl (C=O) groups is 1. The standard InChI is InChI=1S/C15H16N3O5PS2/c19-14-3-1-2-7-16(14)10-4-5-11(13(24)9-10)17-8-6-12(15(17)20)18(25)26(21,22)23/h1-5,7,9,12,25H,6,8,24H2,(H,21,22,23). The molecule has 3 rings (SSSR count). The van der Waals surface area contributed by atoms with E-state index in [2.05, 4.69) is 22.1 Å². The van der Waals surface area contributed by atoms with Gasteiger partial charge in [0, 0.05) is 24.5 Å². The molecule has 26 heavy (non-hydrogen) atoms. The largest absolute Gasteiger partial charge is 0.345 e. The molecule has 1 saturated heterocycles. The molecule has 0 aliphatic carbocycles. The second-order valence-corrected chi connectivity index (χ2v) is 8.31. The quantitative estimate of drug-likeness (QED) is 0.429. The topological polar surface area (TPSA) is 99.9 Å². The van der Waals surface area contributed by atoms with Crippen LogP contribution in [0.15, 0.2) is 47.4 Å². The molecule has 1 aromatic heterocycles. The Morgan fingerprint density at radius 3 is 2.58 bits per heavy atom. The smallest absolute Gasteiger partial charge is 0.310 e. The van der Waals surface area contributed by atoms with Gasteiger partial charge in [0.25, 0.3) is 5.56 Å². The summed E-state index contributed by atoms with van der Waals surface area (Å²) < 4.78 is 33.3. The van der Waals surface area contributed by atoms with E-state index in [1.165, 1.54) is 15.5 Å². The highest BCUT2D eigenvalue weighted by molar-refractivity contribution is 7.96. The van der Waals surface area contributed by atoms with Crippen LogP contribution in [0.5, 0.6) is 0 Å². The Morgan fingerprint density at radius 2 is 1.96 bits per heavy atom. The lowest BCUT2D eigenvalue weighted by molar-refractivity contribution is -0.119. The minimum Gasteiger partial charge on any atom is -0.310 e. The van der Waals surface area contributed by atoms with Crippen LogP contribution < -0.4 is 15.8 Å². The van der Waals surface area contributed by atoms with Crippen LogP contribution in [0.1, 0.15) is 6.42 Å². The van der Waals surface area contributed by atoms with Gasteiger partial charge in [-0.1, -0.05) is 18.9 Å². The van der Waals surface area contributed by atoms with Gasteiger partial charge in [-0.2, -0.15) is 8.42 Å². The van der Waals surface area contributed by atoms with Crippen molar-refractivity contribution in [3.63, 3.8) is 0 Å². The van der Waals surface area contributed by atoms with Crippen molar-refractivity contribution in [3.8, 4) is 5.69 Å². The molecule has 2 heterocycles.